The second kappa shape index (κ2) is 8.15. The van der Waals surface area contributed by atoms with Gasteiger partial charge < -0.3 is 19.2 Å². The molecule has 3 rings (SSSR count). The average Bonchev–Trinajstić information content (AvgIpc) is 2.75. The minimum absolute atomic E-state index is 0.0269. The van der Waals surface area contributed by atoms with Gasteiger partial charge in [-0.2, -0.15) is 0 Å². The van der Waals surface area contributed by atoms with Crippen molar-refractivity contribution in [1.82, 2.24) is 9.13 Å². The van der Waals surface area contributed by atoms with Gasteiger partial charge in [-0.25, -0.2) is 8.42 Å². The summed E-state index contributed by atoms with van der Waals surface area (Å²) in [5.41, 5.74) is -0.182. The molecule has 0 aliphatic rings. The third-order valence-corrected chi connectivity index (χ3v) is 6.51. The predicted molar refractivity (Wildman–Crippen MR) is 113 cm³/mol. The molecule has 0 unspecified atom stereocenters. The first-order valence-electron chi connectivity index (χ1n) is 9.00. The zero-order valence-corrected chi connectivity index (χ0v) is 17.5. The summed E-state index contributed by atoms with van der Waals surface area (Å²) in [7, 11) is 0.600. The first kappa shape index (κ1) is 21.3. The van der Waals surface area contributed by atoms with Crippen molar-refractivity contribution >= 4 is 32.5 Å². The van der Waals surface area contributed by atoms with Crippen LogP contribution in [0.25, 0.3) is 11.0 Å². The fraction of sp³-hybridized carbons (Fsp3) is 0.250. The van der Waals surface area contributed by atoms with Gasteiger partial charge in [0.25, 0.3) is 0 Å². The van der Waals surface area contributed by atoms with Crippen molar-refractivity contribution in [1.29, 1.82) is 0 Å². The summed E-state index contributed by atoms with van der Waals surface area (Å²) in [5.74, 6) is -0.210. The number of fused-ring (bicyclic) bond motifs is 1. The number of carbonyl (C=O) groups is 1. The topological polar surface area (TPSA) is 116 Å². The molecule has 0 bridgehead atoms. The van der Waals surface area contributed by atoms with Gasteiger partial charge in [-0.15, -0.1) is 0 Å². The molecule has 158 valence electrons. The molecule has 0 saturated carbocycles. The SMILES string of the molecule is COc1ccc(NC(=O)CCS(=O)(=O)c2ccc3c(c2)n(C)c(=O)c(=O)n3C)cc1. The maximum atomic E-state index is 12.7. The van der Waals surface area contributed by atoms with Crippen molar-refractivity contribution in [2.24, 2.45) is 14.1 Å². The van der Waals surface area contributed by atoms with E-state index in [0.717, 1.165) is 4.57 Å². The van der Waals surface area contributed by atoms with E-state index in [0.29, 0.717) is 22.5 Å². The van der Waals surface area contributed by atoms with Gasteiger partial charge in [0.15, 0.2) is 9.84 Å². The molecule has 1 amide bonds. The fourth-order valence-electron chi connectivity index (χ4n) is 3.00. The molecule has 0 aliphatic carbocycles. The largest absolute Gasteiger partial charge is 0.497 e. The Labute approximate surface area is 172 Å². The van der Waals surface area contributed by atoms with Crippen molar-refractivity contribution in [2.45, 2.75) is 11.3 Å². The van der Waals surface area contributed by atoms with Gasteiger partial charge in [0.05, 0.1) is 28.8 Å². The number of rotatable bonds is 6. The van der Waals surface area contributed by atoms with Crippen LogP contribution in [0.3, 0.4) is 0 Å². The molecular formula is C20H21N3O6S. The summed E-state index contributed by atoms with van der Waals surface area (Å²) < 4.78 is 32.8. The third-order valence-electron chi connectivity index (χ3n) is 4.79. The number of hydrogen-bond acceptors (Lipinski definition) is 6. The highest BCUT2D eigenvalue weighted by atomic mass is 32.2. The van der Waals surface area contributed by atoms with Gasteiger partial charge in [0.1, 0.15) is 5.75 Å². The van der Waals surface area contributed by atoms with Crippen molar-refractivity contribution in [3.05, 3.63) is 63.2 Å². The standard InChI is InChI=1S/C20H21N3O6S/c1-22-16-9-8-15(12-17(16)23(2)20(26)19(22)25)30(27,28)11-10-18(24)21-13-4-6-14(29-3)7-5-13/h4-9,12H,10-11H2,1-3H3,(H,21,24). The number of nitrogens with one attached hydrogen (secondary N) is 1. The monoisotopic (exact) mass is 431 g/mol. The molecule has 3 aromatic rings. The smallest absolute Gasteiger partial charge is 0.316 e. The van der Waals surface area contributed by atoms with E-state index in [9.17, 15) is 22.8 Å². The lowest BCUT2D eigenvalue weighted by Crippen LogP contribution is -2.39. The van der Waals surface area contributed by atoms with Gasteiger partial charge in [0, 0.05) is 26.2 Å². The van der Waals surface area contributed by atoms with Crippen molar-refractivity contribution in [2.75, 3.05) is 18.2 Å². The number of sulfone groups is 1. The lowest BCUT2D eigenvalue weighted by atomic mass is 10.3. The van der Waals surface area contributed by atoms with Crippen molar-refractivity contribution < 1.29 is 17.9 Å². The third kappa shape index (κ3) is 4.13. The Morgan fingerprint density at radius 1 is 0.967 bits per heavy atom. The number of aromatic nitrogens is 2. The maximum Gasteiger partial charge on any atom is 0.316 e. The molecule has 0 atom stereocenters. The van der Waals surface area contributed by atoms with E-state index in [1.807, 2.05) is 0 Å². The highest BCUT2D eigenvalue weighted by Crippen LogP contribution is 2.19. The van der Waals surface area contributed by atoms with Gasteiger partial charge in [-0.05, 0) is 42.5 Å². The zero-order chi connectivity index (χ0) is 22.1. The number of ether oxygens (including phenoxy) is 1. The molecule has 2 aromatic carbocycles. The lowest BCUT2D eigenvalue weighted by molar-refractivity contribution is -0.115. The van der Waals surface area contributed by atoms with Crippen LogP contribution in [0.4, 0.5) is 5.69 Å². The van der Waals surface area contributed by atoms with Crippen LogP contribution in [0.15, 0.2) is 56.9 Å². The molecule has 0 spiro atoms. The first-order chi connectivity index (χ1) is 14.1. The Morgan fingerprint density at radius 2 is 1.57 bits per heavy atom. The van der Waals surface area contributed by atoms with Gasteiger partial charge >= 0.3 is 11.1 Å². The van der Waals surface area contributed by atoms with Gasteiger partial charge in [0.2, 0.25) is 5.91 Å². The fourth-order valence-corrected chi connectivity index (χ4v) is 4.25. The van der Waals surface area contributed by atoms with Crippen LogP contribution < -0.4 is 21.2 Å². The summed E-state index contributed by atoms with van der Waals surface area (Å²) in [6.45, 7) is 0. The Hall–Kier alpha value is -3.40. The van der Waals surface area contributed by atoms with Crippen molar-refractivity contribution in [3.8, 4) is 5.75 Å². The highest BCUT2D eigenvalue weighted by Gasteiger charge is 2.19. The normalized spacial score (nSPS) is 11.4. The van der Waals surface area contributed by atoms with Gasteiger partial charge in [-0.3, -0.25) is 14.4 Å². The van der Waals surface area contributed by atoms with Gasteiger partial charge in [-0.1, -0.05) is 0 Å². The Bertz CT molecular complexity index is 1340. The molecule has 10 heteroatoms. The summed E-state index contributed by atoms with van der Waals surface area (Å²) in [5, 5.41) is 2.63. The van der Waals surface area contributed by atoms with Crippen LogP contribution in [0.5, 0.6) is 5.75 Å². The van der Waals surface area contributed by atoms with Crippen LogP contribution in [0, 0.1) is 0 Å². The molecular weight excluding hydrogens is 410 g/mol. The van der Waals surface area contributed by atoms with E-state index in [4.69, 9.17) is 4.74 Å². The van der Waals surface area contributed by atoms with Crippen LogP contribution in [0.1, 0.15) is 6.42 Å². The number of hydrogen-bond donors (Lipinski definition) is 1. The number of amides is 1. The number of benzene rings is 2. The molecule has 1 N–H and O–H groups in total. The maximum absolute atomic E-state index is 12.7. The average molecular weight is 431 g/mol. The van der Waals surface area contributed by atoms with Crippen LogP contribution in [0.2, 0.25) is 0 Å². The second-order valence-corrected chi connectivity index (χ2v) is 8.83. The molecule has 0 radical (unpaired) electrons. The molecule has 0 aliphatic heterocycles. The summed E-state index contributed by atoms with van der Waals surface area (Å²) in [6, 6.07) is 10.8. The molecule has 0 fully saturated rings. The number of nitrogens with zero attached hydrogens (tertiary/aromatic N) is 2. The molecule has 1 heterocycles. The number of anilines is 1. The molecule has 1 aromatic heterocycles. The Morgan fingerprint density at radius 3 is 2.17 bits per heavy atom. The van der Waals surface area contributed by atoms with E-state index in [1.54, 1.807) is 24.3 Å². The van der Waals surface area contributed by atoms with E-state index in [2.05, 4.69) is 5.32 Å². The van der Waals surface area contributed by atoms with Crippen molar-refractivity contribution in [3.63, 3.8) is 0 Å². The van der Waals surface area contributed by atoms with Crippen LogP contribution >= 0.6 is 0 Å². The number of carbonyl (C=O) groups excluding carboxylic acids is 1. The highest BCUT2D eigenvalue weighted by molar-refractivity contribution is 7.91. The Kier molecular flexibility index (Phi) is 5.79. The van der Waals surface area contributed by atoms with E-state index >= 15 is 0 Å². The van der Waals surface area contributed by atoms with E-state index in [-0.39, 0.29) is 11.3 Å². The first-order valence-corrected chi connectivity index (χ1v) is 10.7. The second-order valence-electron chi connectivity index (χ2n) is 6.72. The summed E-state index contributed by atoms with van der Waals surface area (Å²) >= 11 is 0. The summed E-state index contributed by atoms with van der Waals surface area (Å²) in [6.07, 6.45) is -0.237. The molecule has 0 saturated heterocycles. The minimum atomic E-state index is -3.79. The lowest BCUT2D eigenvalue weighted by Gasteiger charge is -2.11. The van der Waals surface area contributed by atoms with E-state index < -0.39 is 32.6 Å². The molecule has 30 heavy (non-hydrogen) atoms. The zero-order valence-electron chi connectivity index (χ0n) is 16.7. The van der Waals surface area contributed by atoms with Crippen LogP contribution in [-0.2, 0) is 28.7 Å². The predicted octanol–water partition coefficient (Wildman–Crippen LogP) is 1.05. The molecule has 9 nitrogen and oxygen atoms in total. The van der Waals surface area contributed by atoms with E-state index in [1.165, 1.54) is 44.0 Å². The quantitative estimate of drug-likeness (QED) is 0.583. The number of aryl methyl sites for hydroxylation is 2. The van der Waals surface area contributed by atoms with Crippen LogP contribution in [-0.4, -0.2) is 36.3 Å². The Balaban J connectivity index is 1.79. The minimum Gasteiger partial charge on any atom is -0.497 e. The number of methoxy groups -OCH3 is 1. The summed E-state index contributed by atoms with van der Waals surface area (Å²) in [4.78, 5) is 36.0.